The first-order valence-electron chi connectivity index (χ1n) is 7.48. The Labute approximate surface area is 139 Å². The van der Waals surface area contributed by atoms with Gasteiger partial charge in [-0.15, -0.1) is 0 Å². The minimum absolute atomic E-state index is 0.0838. The lowest BCUT2D eigenvalue weighted by Gasteiger charge is -2.21. The zero-order valence-electron chi connectivity index (χ0n) is 13.1. The topological polar surface area (TPSA) is 70.2 Å². The van der Waals surface area contributed by atoms with Crippen molar-refractivity contribution in [2.75, 3.05) is 25.1 Å². The Morgan fingerprint density at radius 1 is 1.52 bits per heavy atom. The van der Waals surface area contributed by atoms with E-state index in [4.69, 9.17) is 16.3 Å². The van der Waals surface area contributed by atoms with Gasteiger partial charge in [-0.1, -0.05) is 11.6 Å². The fourth-order valence-electron chi connectivity index (χ4n) is 2.85. The Bertz CT molecular complexity index is 716. The number of halogens is 1. The van der Waals surface area contributed by atoms with Crippen LogP contribution in [-0.4, -0.2) is 42.3 Å². The van der Waals surface area contributed by atoms with Gasteiger partial charge in [0.05, 0.1) is 24.6 Å². The van der Waals surface area contributed by atoms with Crippen molar-refractivity contribution < 1.29 is 9.53 Å². The first-order valence-corrected chi connectivity index (χ1v) is 7.85. The van der Waals surface area contributed by atoms with Crippen LogP contribution in [0.5, 0.6) is 5.75 Å². The molecule has 1 aliphatic rings. The summed E-state index contributed by atoms with van der Waals surface area (Å²) in [7, 11) is 1.64. The van der Waals surface area contributed by atoms with Gasteiger partial charge in [0.15, 0.2) is 0 Å². The standard InChI is InChI=1S/C16H19ClN4O2/c1-10-13(8-18-20-10)16(22)19-12-5-6-21(9-12)14-7-11(17)3-4-15(14)23-2/h3-4,7-8,12H,5-6,9H2,1-2H3,(H,18,20)(H,19,22)/t12-/m1/s1. The highest BCUT2D eigenvalue weighted by Crippen LogP contribution is 2.33. The summed E-state index contributed by atoms with van der Waals surface area (Å²) in [5, 5.41) is 10.4. The lowest BCUT2D eigenvalue weighted by molar-refractivity contribution is 0.0940. The first kappa shape index (κ1) is 15.7. The maximum atomic E-state index is 12.3. The summed E-state index contributed by atoms with van der Waals surface area (Å²) in [5.74, 6) is 0.688. The summed E-state index contributed by atoms with van der Waals surface area (Å²) in [6.45, 7) is 3.39. The van der Waals surface area contributed by atoms with Gasteiger partial charge in [0.25, 0.3) is 5.91 Å². The number of nitrogens with zero attached hydrogens (tertiary/aromatic N) is 2. The molecule has 2 N–H and O–H groups in total. The smallest absolute Gasteiger partial charge is 0.255 e. The van der Waals surface area contributed by atoms with Gasteiger partial charge in [-0.3, -0.25) is 9.89 Å². The molecule has 6 nitrogen and oxygen atoms in total. The lowest BCUT2D eigenvalue weighted by Crippen LogP contribution is -2.37. The fourth-order valence-corrected chi connectivity index (χ4v) is 3.02. The number of rotatable bonds is 4. The largest absolute Gasteiger partial charge is 0.495 e. The van der Waals surface area contributed by atoms with Crippen LogP contribution in [0.2, 0.25) is 5.02 Å². The monoisotopic (exact) mass is 334 g/mol. The number of ether oxygens (including phenoxy) is 1. The number of aryl methyl sites for hydroxylation is 1. The van der Waals surface area contributed by atoms with E-state index in [2.05, 4.69) is 20.4 Å². The number of hydrogen-bond donors (Lipinski definition) is 2. The SMILES string of the molecule is COc1ccc(Cl)cc1N1CC[C@@H](NC(=O)c2cn[nH]c2C)C1. The van der Waals surface area contributed by atoms with E-state index in [1.165, 1.54) is 0 Å². The summed E-state index contributed by atoms with van der Waals surface area (Å²) in [4.78, 5) is 14.4. The maximum absolute atomic E-state index is 12.3. The Kier molecular flexibility index (Phi) is 4.43. The molecule has 0 unspecified atom stereocenters. The third-order valence-electron chi connectivity index (χ3n) is 4.08. The van der Waals surface area contributed by atoms with Gasteiger partial charge >= 0.3 is 0 Å². The van der Waals surface area contributed by atoms with Gasteiger partial charge in [0, 0.05) is 29.8 Å². The van der Waals surface area contributed by atoms with E-state index in [0.717, 1.165) is 36.6 Å². The van der Waals surface area contributed by atoms with Gasteiger partial charge in [-0.05, 0) is 31.5 Å². The molecule has 122 valence electrons. The molecular weight excluding hydrogens is 316 g/mol. The first-order chi connectivity index (χ1) is 11.1. The molecule has 1 amide bonds. The lowest BCUT2D eigenvalue weighted by atomic mass is 10.2. The molecule has 23 heavy (non-hydrogen) atoms. The Balaban J connectivity index is 1.68. The number of aromatic nitrogens is 2. The molecule has 0 saturated carbocycles. The third kappa shape index (κ3) is 3.27. The van der Waals surface area contributed by atoms with Crippen LogP contribution in [0.4, 0.5) is 5.69 Å². The minimum atomic E-state index is -0.0961. The number of carbonyl (C=O) groups excluding carboxylic acids is 1. The highest BCUT2D eigenvalue weighted by Gasteiger charge is 2.27. The predicted molar refractivity (Wildman–Crippen MR) is 89.4 cm³/mol. The molecule has 1 aromatic carbocycles. The molecule has 1 saturated heterocycles. The van der Waals surface area contributed by atoms with Gasteiger partial charge < -0.3 is 15.0 Å². The number of benzene rings is 1. The number of carbonyl (C=O) groups is 1. The van der Waals surface area contributed by atoms with Crippen LogP contribution in [0.3, 0.4) is 0 Å². The summed E-state index contributed by atoms with van der Waals surface area (Å²) < 4.78 is 5.40. The molecule has 0 aliphatic carbocycles. The zero-order valence-corrected chi connectivity index (χ0v) is 13.9. The second kappa shape index (κ2) is 6.50. The Morgan fingerprint density at radius 2 is 2.35 bits per heavy atom. The van der Waals surface area contributed by atoms with Crippen molar-refractivity contribution in [3.63, 3.8) is 0 Å². The molecule has 1 fully saturated rings. The van der Waals surface area contributed by atoms with Crippen molar-refractivity contribution in [2.45, 2.75) is 19.4 Å². The number of H-pyrrole nitrogens is 1. The molecule has 1 aliphatic heterocycles. The van der Waals surface area contributed by atoms with E-state index >= 15 is 0 Å². The van der Waals surface area contributed by atoms with Crippen LogP contribution in [-0.2, 0) is 0 Å². The van der Waals surface area contributed by atoms with Crippen molar-refractivity contribution in [2.24, 2.45) is 0 Å². The van der Waals surface area contributed by atoms with Crippen molar-refractivity contribution in [1.82, 2.24) is 15.5 Å². The van der Waals surface area contributed by atoms with Crippen LogP contribution >= 0.6 is 11.6 Å². The van der Waals surface area contributed by atoms with E-state index in [-0.39, 0.29) is 11.9 Å². The number of aromatic amines is 1. The predicted octanol–water partition coefficient (Wildman–Crippen LogP) is 2.39. The fraction of sp³-hybridized carbons (Fsp3) is 0.375. The number of anilines is 1. The summed E-state index contributed by atoms with van der Waals surface area (Å²) in [5.41, 5.74) is 2.31. The van der Waals surface area contributed by atoms with E-state index in [0.29, 0.717) is 10.6 Å². The van der Waals surface area contributed by atoms with Crippen LogP contribution in [0, 0.1) is 6.92 Å². The molecule has 1 atom stereocenters. The van der Waals surface area contributed by atoms with Crippen LogP contribution < -0.4 is 15.0 Å². The minimum Gasteiger partial charge on any atom is -0.495 e. The molecule has 0 radical (unpaired) electrons. The normalized spacial score (nSPS) is 17.3. The van der Waals surface area contributed by atoms with E-state index in [1.54, 1.807) is 19.4 Å². The molecule has 2 heterocycles. The van der Waals surface area contributed by atoms with Gasteiger partial charge in [0.2, 0.25) is 0 Å². The van der Waals surface area contributed by atoms with Crippen molar-refractivity contribution in [1.29, 1.82) is 0 Å². The molecular formula is C16H19ClN4O2. The molecule has 2 aromatic rings. The summed E-state index contributed by atoms with van der Waals surface area (Å²) in [6.07, 6.45) is 2.43. The van der Waals surface area contributed by atoms with Crippen molar-refractivity contribution in [3.05, 3.63) is 40.7 Å². The summed E-state index contributed by atoms with van der Waals surface area (Å²) in [6, 6.07) is 5.64. The Hall–Kier alpha value is -2.21. The number of amides is 1. The second-order valence-corrected chi connectivity index (χ2v) is 6.07. The third-order valence-corrected chi connectivity index (χ3v) is 4.31. The second-order valence-electron chi connectivity index (χ2n) is 5.63. The highest BCUT2D eigenvalue weighted by atomic mass is 35.5. The average molecular weight is 335 g/mol. The quantitative estimate of drug-likeness (QED) is 0.900. The number of methoxy groups -OCH3 is 1. The summed E-state index contributed by atoms with van der Waals surface area (Å²) >= 11 is 6.10. The van der Waals surface area contributed by atoms with Crippen LogP contribution in [0.1, 0.15) is 22.5 Å². The molecule has 0 spiro atoms. The number of hydrogen-bond acceptors (Lipinski definition) is 4. The van der Waals surface area contributed by atoms with Gasteiger partial charge in [0.1, 0.15) is 5.75 Å². The molecule has 7 heteroatoms. The molecule has 0 bridgehead atoms. The van der Waals surface area contributed by atoms with E-state index < -0.39 is 0 Å². The zero-order chi connectivity index (χ0) is 16.4. The van der Waals surface area contributed by atoms with Crippen LogP contribution in [0.25, 0.3) is 0 Å². The molecule has 3 rings (SSSR count). The number of nitrogens with one attached hydrogen (secondary N) is 2. The van der Waals surface area contributed by atoms with Crippen LogP contribution in [0.15, 0.2) is 24.4 Å². The Morgan fingerprint density at radius 3 is 3.04 bits per heavy atom. The van der Waals surface area contributed by atoms with E-state index in [9.17, 15) is 4.79 Å². The maximum Gasteiger partial charge on any atom is 0.255 e. The van der Waals surface area contributed by atoms with Gasteiger partial charge in [-0.25, -0.2) is 0 Å². The average Bonchev–Trinajstić information content (AvgIpc) is 3.16. The highest BCUT2D eigenvalue weighted by molar-refractivity contribution is 6.30. The van der Waals surface area contributed by atoms with Crippen molar-refractivity contribution >= 4 is 23.2 Å². The van der Waals surface area contributed by atoms with Crippen molar-refractivity contribution in [3.8, 4) is 5.75 Å². The van der Waals surface area contributed by atoms with E-state index in [1.807, 2.05) is 19.1 Å². The van der Waals surface area contributed by atoms with Gasteiger partial charge in [-0.2, -0.15) is 5.10 Å². The molecule has 1 aromatic heterocycles.